The summed E-state index contributed by atoms with van der Waals surface area (Å²) in [6, 6.07) is 0. The van der Waals surface area contributed by atoms with E-state index in [9.17, 15) is 0 Å². The van der Waals surface area contributed by atoms with Gasteiger partial charge in [-0.25, -0.2) is 4.98 Å². The van der Waals surface area contributed by atoms with Crippen LogP contribution in [0.4, 0.5) is 5.13 Å². The van der Waals surface area contributed by atoms with Crippen molar-refractivity contribution in [3.05, 3.63) is 5.82 Å². The van der Waals surface area contributed by atoms with E-state index in [-0.39, 0.29) is 5.41 Å². The molecule has 0 saturated carbocycles. The van der Waals surface area contributed by atoms with E-state index in [4.69, 9.17) is 5.73 Å². The Hall–Kier alpha value is -0.640. The second-order valence-corrected chi connectivity index (χ2v) is 4.57. The van der Waals surface area contributed by atoms with Crippen molar-refractivity contribution in [2.75, 3.05) is 5.73 Å². The first kappa shape index (κ1) is 8.46. The SMILES string of the molecule is CC(C)(C)Cc1nsc(N)n1. The van der Waals surface area contributed by atoms with Gasteiger partial charge < -0.3 is 5.73 Å². The monoisotopic (exact) mass is 171 g/mol. The summed E-state index contributed by atoms with van der Waals surface area (Å²) in [7, 11) is 0. The van der Waals surface area contributed by atoms with Crippen LogP contribution in [-0.2, 0) is 6.42 Å². The van der Waals surface area contributed by atoms with Gasteiger partial charge in [0.15, 0.2) is 5.13 Å². The third-order valence-electron chi connectivity index (χ3n) is 1.17. The Bertz CT molecular complexity index is 236. The Morgan fingerprint density at radius 1 is 1.45 bits per heavy atom. The maximum Gasteiger partial charge on any atom is 0.199 e. The van der Waals surface area contributed by atoms with Gasteiger partial charge in [-0.3, -0.25) is 0 Å². The van der Waals surface area contributed by atoms with Crippen molar-refractivity contribution in [3.8, 4) is 0 Å². The second-order valence-electron chi connectivity index (χ2n) is 3.79. The van der Waals surface area contributed by atoms with Gasteiger partial charge >= 0.3 is 0 Å². The molecular weight excluding hydrogens is 158 g/mol. The van der Waals surface area contributed by atoms with Gasteiger partial charge in [0.2, 0.25) is 0 Å². The minimum absolute atomic E-state index is 0.244. The lowest BCUT2D eigenvalue weighted by Crippen LogP contribution is -2.10. The highest BCUT2D eigenvalue weighted by atomic mass is 32.1. The lowest BCUT2D eigenvalue weighted by atomic mass is 9.92. The van der Waals surface area contributed by atoms with E-state index < -0.39 is 0 Å². The highest BCUT2D eigenvalue weighted by Gasteiger charge is 2.14. The number of anilines is 1. The summed E-state index contributed by atoms with van der Waals surface area (Å²) in [6.07, 6.45) is 0.890. The molecule has 0 aliphatic rings. The summed E-state index contributed by atoms with van der Waals surface area (Å²) in [5.41, 5.74) is 5.69. The molecule has 4 heteroatoms. The molecule has 0 aromatic carbocycles. The molecule has 1 rings (SSSR count). The molecule has 0 saturated heterocycles. The zero-order chi connectivity index (χ0) is 8.48. The van der Waals surface area contributed by atoms with E-state index in [0.29, 0.717) is 5.13 Å². The predicted molar refractivity (Wildman–Crippen MR) is 47.5 cm³/mol. The number of hydrogen-bond acceptors (Lipinski definition) is 4. The van der Waals surface area contributed by atoms with Gasteiger partial charge in [0.05, 0.1) is 0 Å². The van der Waals surface area contributed by atoms with Crippen LogP contribution in [0.5, 0.6) is 0 Å². The predicted octanol–water partition coefficient (Wildman–Crippen LogP) is 1.71. The first-order valence-electron chi connectivity index (χ1n) is 3.55. The van der Waals surface area contributed by atoms with Gasteiger partial charge in [-0.05, 0) is 5.41 Å². The van der Waals surface area contributed by atoms with Crippen molar-refractivity contribution in [1.82, 2.24) is 9.36 Å². The molecule has 0 amide bonds. The molecule has 2 N–H and O–H groups in total. The first-order chi connectivity index (χ1) is 4.97. The van der Waals surface area contributed by atoms with Crippen LogP contribution in [0.15, 0.2) is 0 Å². The normalized spacial score (nSPS) is 11.9. The summed E-state index contributed by atoms with van der Waals surface area (Å²) in [4.78, 5) is 4.08. The highest BCUT2D eigenvalue weighted by molar-refractivity contribution is 7.09. The molecule has 0 aliphatic heterocycles. The molecule has 0 atom stereocenters. The Morgan fingerprint density at radius 2 is 2.09 bits per heavy atom. The molecule has 11 heavy (non-hydrogen) atoms. The average molecular weight is 171 g/mol. The summed E-state index contributed by atoms with van der Waals surface area (Å²) in [6.45, 7) is 6.47. The Labute approximate surface area is 70.8 Å². The van der Waals surface area contributed by atoms with E-state index in [2.05, 4.69) is 30.1 Å². The molecule has 0 fully saturated rings. The van der Waals surface area contributed by atoms with E-state index in [0.717, 1.165) is 12.2 Å². The van der Waals surface area contributed by atoms with E-state index >= 15 is 0 Å². The number of nitrogen functional groups attached to an aromatic ring is 1. The van der Waals surface area contributed by atoms with Crippen LogP contribution in [0.3, 0.4) is 0 Å². The quantitative estimate of drug-likeness (QED) is 0.699. The van der Waals surface area contributed by atoms with Gasteiger partial charge in [-0.1, -0.05) is 20.8 Å². The van der Waals surface area contributed by atoms with Crippen LogP contribution in [0.2, 0.25) is 0 Å². The molecule has 0 radical (unpaired) electrons. The largest absolute Gasteiger partial charge is 0.374 e. The lowest BCUT2D eigenvalue weighted by Gasteiger charge is -2.14. The Kier molecular flexibility index (Phi) is 2.13. The zero-order valence-electron chi connectivity index (χ0n) is 7.09. The number of nitrogens with zero attached hydrogens (tertiary/aromatic N) is 2. The molecule has 1 aromatic heterocycles. The van der Waals surface area contributed by atoms with Crippen LogP contribution in [0.25, 0.3) is 0 Å². The van der Waals surface area contributed by atoms with Crippen LogP contribution >= 0.6 is 11.5 Å². The summed E-state index contributed by atoms with van der Waals surface area (Å²) >= 11 is 1.26. The molecule has 62 valence electrons. The molecule has 0 bridgehead atoms. The second kappa shape index (κ2) is 2.77. The number of hydrogen-bond donors (Lipinski definition) is 1. The topological polar surface area (TPSA) is 51.8 Å². The first-order valence-corrected chi connectivity index (χ1v) is 4.33. The van der Waals surface area contributed by atoms with Crippen molar-refractivity contribution >= 4 is 16.7 Å². The van der Waals surface area contributed by atoms with Crippen LogP contribution in [0.1, 0.15) is 26.6 Å². The van der Waals surface area contributed by atoms with E-state index in [1.165, 1.54) is 11.5 Å². The Morgan fingerprint density at radius 3 is 2.45 bits per heavy atom. The number of aromatic nitrogens is 2. The molecule has 1 heterocycles. The third kappa shape index (κ3) is 2.84. The standard InChI is InChI=1S/C7H13N3S/c1-7(2,3)4-5-9-6(8)11-10-5/h4H2,1-3H3,(H2,8,9,10). The molecule has 1 aromatic rings. The minimum Gasteiger partial charge on any atom is -0.374 e. The minimum atomic E-state index is 0.244. The van der Waals surface area contributed by atoms with Crippen LogP contribution in [-0.4, -0.2) is 9.36 Å². The molecule has 3 nitrogen and oxygen atoms in total. The third-order valence-corrected chi connectivity index (χ3v) is 1.75. The maximum absolute atomic E-state index is 5.44. The fourth-order valence-corrected chi connectivity index (χ4v) is 1.26. The fraction of sp³-hybridized carbons (Fsp3) is 0.714. The fourth-order valence-electron chi connectivity index (χ4n) is 0.814. The van der Waals surface area contributed by atoms with Gasteiger partial charge in [-0.15, -0.1) is 0 Å². The van der Waals surface area contributed by atoms with E-state index in [1.54, 1.807) is 0 Å². The summed E-state index contributed by atoms with van der Waals surface area (Å²) in [5, 5.41) is 0.559. The zero-order valence-corrected chi connectivity index (χ0v) is 7.90. The van der Waals surface area contributed by atoms with Crippen LogP contribution < -0.4 is 5.73 Å². The van der Waals surface area contributed by atoms with Crippen LogP contribution in [0, 0.1) is 5.41 Å². The number of nitrogens with two attached hydrogens (primary N) is 1. The van der Waals surface area contributed by atoms with Gasteiger partial charge in [0.1, 0.15) is 5.82 Å². The van der Waals surface area contributed by atoms with Gasteiger partial charge in [0.25, 0.3) is 0 Å². The highest BCUT2D eigenvalue weighted by Crippen LogP contribution is 2.19. The van der Waals surface area contributed by atoms with Gasteiger partial charge in [-0.2, -0.15) is 4.37 Å². The molecule has 0 aliphatic carbocycles. The van der Waals surface area contributed by atoms with Crippen molar-refractivity contribution in [2.45, 2.75) is 27.2 Å². The summed E-state index contributed by atoms with van der Waals surface area (Å²) < 4.78 is 4.11. The van der Waals surface area contributed by atoms with Crippen molar-refractivity contribution < 1.29 is 0 Å². The molecular formula is C7H13N3S. The van der Waals surface area contributed by atoms with E-state index in [1.807, 2.05) is 0 Å². The average Bonchev–Trinajstić information content (AvgIpc) is 2.10. The Balaban J connectivity index is 2.65. The van der Waals surface area contributed by atoms with Crippen molar-refractivity contribution in [3.63, 3.8) is 0 Å². The lowest BCUT2D eigenvalue weighted by molar-refractivity contribution is 0.403. The number of rotatable bonds is 1. The van der Waals surface area contributed by atoms with Crippen molar-refractivity contribution in [2.24, 2.45) is 5.41 Å². The summed E-state index contributed by atoms with van der Waals surface area (Å²) in [5.74, 6) is 0.861. The van der Waals surface area contributed by atoms with Gasteiger partial charge in [0, 0.05) is 18.0 Å². The molecule has 0 unspecified atom stereocenters. The maximum atomic E-state index is 5.44. The molecule has 0 spiro atoms. The smallest absolute Gasteiger partial charge is 0.199 e. The van der Waals surface area contributed by atoms with Crippen molar-refractivity contribution in [1.29, 1.82) is 0 Å².